The molecule has 0 aliphatic heterocycles. The molecule has 4 heteroatoms. The highest BCUT2D eigenvalue weighted by atomic mass is 19.1. The highest BCUT2D eigenvalue weighted by Gasteiger charge is 2.01. The molecule has 0 fully saturated rings. The lowest BCUT2D eigenvalue weighted by molar-refractivity contribution is -0.141. The number of hydrogen-bond donors (Lipinski definition) is 0. The SMILES string of the molecule is CCOC(=O)CC#Cc1ccc(F)c(C=O)c1. The molecule has 0 N–H and O–H groups in total. The van der Waals surface area contributed by atoms with Gasteiger partial charge in [0, 0.05) is 5.56 Å². The van der Waals surface area contributed by atoms with Crippen molar-refractivity contribution >= 4 is 12.3 Å². The monoisotopic (exact) mass is 234 g/mol. The van der Waals surface area contributed by atoms with Crippen LogP contribution >= 0.6 is 0 Å². The summed E-state index contributed by atoms with van der Waals surface area (Å²) in [6.45, 7) is 2.02. The molecule has 0 atom stereocenters. The zero-order valence-electron chi connectivity index (χ0n) is 9.33. The van der Waals surface area contributed by atoms with Gasteiger partial charge in [-0.25, -0.2) is 4.39 Å². The highest BCUT2D eigenvalue weighted by Crippen LogP contribution is 2.07. The molecule has 0 heterocycles. The Morgan fingerprint density at radius 1 is 1.53 bits per heavy atom. The smallest absolute Gasteiger partial charge is 0.317 e. The third-order valence-corrected chi connectivity index (χ3v) is 1.89. The predicted molar refractivity (Wildman–Crippen MR) is 59.9 cm³/mol. The number of carbonyl (C=O) groups excluding carboxylic acids is 2. The van der Waals surface area contributed by atoms with Crippen LogP contribution in [0.1, 0.15) is 29.3 Å². The fourth-order valence-corrected chi connectivity index (χ4v) is 1.14. The Morgan fingerprint density at radius 2 is 2.29 bits per heavy atom. The minimum Gasteiger partial charge on any atom is -0.465 e. The molecule has 0 aliphatic rings. The van der Waals surface area contributed by atoms with Crippen molar-refractivity contribution in [1.29, 1.82) is 0 Å². The van der Waals surface area contributed by atoms with Crippen LogP contribution in [-0.4, -0.2) is 18.9 Å². The molecule has 0 radical (unpaired) electrons. The maximum Gasteiger partial charge on any atom is 0.317 e. The fourth-order valence-electron chi connectivity index (χ4n) is 1.14. The van der Waals surface area contributed by atoms with Crippen molar-refractivity contribution in [2.24, 2.45) is 0 Å². The van der Waals surface area contributed by atoms with Gasteiger partial charge in [-0.2, -0.15) is 0 Å². The van der Waals surface area contributed by atoms with Gasteiger partial charge in [-0.3, -0.25) is 9.59 Å². The van der Waals surface area contributed by atoms with Gasteiger partial charge >= 0.3 is 5.97 Å². The van der Waals surface area contributed by atoms with E-state index in [0.29, 0.717) is 18.5 Å². The number of aldehydes is 1. The average Bonchev–Trinajstić information content (AvgIpc) is 2.31. The summed E-state index contributed by atoms with van der Waals surface area (Å²) in [5.41, 5.74) is 0.436. The van der Waals surface area contributed by atoms with Crippen LogP contribution < -0.4 is 0 Å². The quantitative estimate of drug-likeness (QED) is 0.456. The zero-order valence-corrected chi connectivity index (χ0v) is 9.33. The largest absolute Gasteiger partial charge is 0.465 e. The van der Waals surface area contributed by atoms with E-state index < -0.39 is 11.8 Å². The summed E-state index contributed by atoms with van der Waals surface area (Å²) in [4.78, 5) is 21.5. The maximum absolute atomic E-state index is 13.0. The molecule has 0 amide bonds. The maximum atomic E-state index is 13.0. The Kier molecular flexibility index (Phi) is 4.89. The van der Waals surface area contributed by atoms with Crippen LogP contribution in [0.5, 0.6) is 0 Å². The van der Waals surface area contributed by atoms with Crippen molar-refractivity contribution in [2.45, 2.75) is 13.3 Å². The molecule has 3 nitrogen and oxygen atoms in total. The Hall–Kier alpha value is -2.15. The van der Waals surface area contributed by atoms with Crippen molar-refractivity contribution < 1.29 is 18.7 Å². The molecule has 17 heavy (non-hydrogen) atoms. The van der Waals surface area contributed by atoms with Gasteiger partial charge in [-0.15, -0.1) is 0 Å². The molecule has 1 aromatic carbocycles. The Bertz CT molecular complexity index is 483. The van der Waals surface area contributed by atoms with Gasteiger partial charge in [0.05, 0.1) is 12.2 Å². The number of benzene rings is 1. The number of carbonyl (C=O) groups is 2. The first-order chi connectivity index (χ1) is 8.17. The first-order valence-corrected chi connectivity index (χ1v) is 5.06. The van der Waals surface area contributed by atoms with Crippen molar-refractivity contribution in [3.8, 4) is 11.8 Å². The molecule has 1 aromatic rings. The van der Waals surface area contributed by atoms with Crippen LogP contribution in [0.25, 0.3) is 0 Å². The van der Waals surface area contributed by atoms with Gasteiger partial charge in [0.2, 0.25) is 0 Å². The van der Waals surface area contributed by atoms with Gasteiger partial charge < -0.3 is 4.74 Å². The van der Waals surface area contributed by atoms with E-state index in [0.717, 1.165) is 6.07 Å². The van der Waals surface area contributed by atoms with E-state index in [9.17, 15) is 14.0 Å². The van der Waals surface area contributed by atoms with Crippen LogP contribution in [0.15, 0.2) is 18.2 Å². The lowest BCUT2D eigenvalue weighted by Crippen LogP contribution is -2.01. The van der Waals surface area contributed by atoms with Gasteiger partial charge in [0.15, 0.2) is 6.29 Å². The van der Waals surface area contributed by atoms with Crippen molar-refractivity contribution in [1.82, 2.24) is 0 Å². The van der Waals surface area contributed by atoms with Crippen molar-refractivity contribution in [2.75, 3.05) is 6.61 Å². The summed E-state index contributed by atoms with van der Waals surface area (Å²) in [7, 11) is 0. The third kappa shape index (κ3) is 4.07. The van der Waals surface area contributed by atoms with Crippen LogP contribution in [0.4, 0.5) is 4.39 Å². The second kappa shape index (κ2) is 6.44. The number of esters is 1. The molecule has 1 rings (SSSR count). The normalized spacial score (nSPS) is 9.06. The molecule has 0 saturated carbocycles. The molecule has 0 bridgehead atoms. The first-order valence-electron chi connectivity index (χ1n) is 5.06. The number of ether oxygens (including phenoxy) is 1. The molecule has 88 valence electrons. The van der Waals surface area contributed by atoms with Gasteiger partial charge in [0.1, 0.15) is 12.2 Å². The third-order valence-electron chi connectivity index (χ3n) is 1.89. The summed E-state index contributed by atoms with van der Waals surface area (Å²) < 4.78 is 17.7. The fraction of sp³-hybridized carbons (Fsp3) is 0.231. The second-order valence-corrected chi connectivity index (χ2v) is 3.14. The molecular formula is C13H11FO3. The topological polar surface area (TPSA) is 43.4 Å². The van der Waals surface area contributed by atoms with Crippen LogP contribution in [0.2, 0.25) is 0 Å². The number of hydrogen-bond acceptors (Lipinski definition) is 3. The van der Waals surface area contributed by atoms with Crippen molar-refractivity contribution in [3.63, 3.8) is 0 Å². The molecule has 0 aromatic heterocycles. The lowest BCUT2D eigenvalue weighted by Gasteiger charge is -1.96. The van der Waals surface area contributed by atoms with Gasteiger partial charge in [0.25, 0.3) is 0 Å². The number of rotatable bonds is 3. The van der Waals surface area contributed by atoms with Gasteiger partial charge in [-0.05, 0) is 25.1 Å². The van der Waals surface area contributed by atoms with E-state index in [4.69, 9.17) is 0 Å². The summed E-state index contributed by atoms with van der Waals surface area (Å²) >= 11 is 0. The van der Waals surface area contributed by atoms with E-state index in [-0.39, 0.29) is 12.0 Å². The highest BCUT2D eigenvalue weighted by molar-refractivity contribution is 5.76. The van der Waals surface area contributed by atoms with Crippen LogP contribution in [0.3, 0.4) is 0 Å². The molecule has 0 unspecified atom stereocenters. The molecule has 0 saturated heterocycles. The predicted octanol–water partition coefficient (Wildman–Crippen LogP) is 1.94. The standard InChI is InChI=1S/C13H11FO3/c1-2-17-13(16)5-3-4-10-6-7-12(14)11(8-10)9-15/h6-9H,2,5H2,1H3. The van der Waals surface area contributed by atoms with Crippen LogP contribution in [-0.2, 0) is 9.53 Å². The minimum atomic E-state index is -0.587. The van der Waals surface area contributed by atoms with E-state index >= 15 is 0 Å². The van der Waals surface area contributed by atoms with Gasteiger partial charge in [-0.1, -0.05) is 11.8 Å². The minimum absolute atomic E-state index is 0.0262. The zero-order chi connectivity index (χ0) is 12.7. The summed E-state index contributed by atoms with van der Waals surface area (Å²) in [6, 6.07) is 3.94. The summed E-state index contributed by atoms with van der Waals surface area (Å²) in [5.74, 6) is 4.26. The van der Waals surface area contributed by atoms with E-state index in [2.05, 4.69) is 16.6 Å². The Morgan fingerprint density at radius 3 is 2.94 bits per heavy atom. The molecule has 0 spiro atoms. The Balaban J connectivity index is 2.72. The molecular weight excluding hydrogens is 223 g/mol. The van der Waals surface area contributed by atoms with E-state index in [1.165, 1.54) is 12.1 Å². The van der Waals surface area contributed by atoms with Crippen molar-refractivity contribution in [3.05, 3.63) is 35.1 Å². The van der Waals surface area contributed by atoms with E-state index in [1.807, 2.05) is 0 Å². The Labute approximate surface area is 98.6 Å². The van der Waals surface area contributed by atoms with Crippen LogP contribution in [0, 0.1) is 17.7 Å². The molecule has 0 aliphatic carbocycles. The van der Waals surface area contributed by atoms with E-state index in [1.54, 1.807) is 6.92 Å². The average molecular weight is 234 g/mol. The summed E-state index contributed by atoms with van der Waals surface area (Å²) in [5, 5.41) is 0. The first kappa shape index (κ1) is 12.9. The lowest BCUT2D eigenvalue weighted by atomic mass is 10.1. The summed E-state index contributed by atoms with van der Waals surface area (Å²) in [6.07, 6.45) is 0.396. The second-order valence-electron chi connectivity index (χ2n) is 3.14. The number of halogens is 1.